The molecule has 0 atom stereocenters. The maximum absolute atomic E-state index is 12.5. The molecule has 1 aliphatic carbocycles. The SMILES string of the molecule is COc1ccc(C2(CNS(=O)(=O)c3ccc(Cl)c(C)c3)CC2)cc1. The summed E-state index contributed by atoms with van der Waals surface area (Å²) in [6, 6.07) is 12.6. The lowest BCUT2D eigenvalue weighted by Crippen LogP contribution is -2.32. The Morgan fingerprint density at radius 1 is 1.17 bits per heavy atom. The van der Waals surface area contributed by atoms with Gasteiger partial charge in [-0.15, -0.1) is 0 Å². The van der Waals surface area contributed by atoms with Gasteiger partial charge in [0.05, 0.1) is 12.0 Å². The smallest absolute Gasteiger partial charge is 0.240 e. The zero-order valence-electron chi connectivity index (χ0n) is 13.7. The molecular formula is C18H20ClNO3S. The van der Waals surface area contributed by atoms with E-state index in [2.05, 4.69) is 4.72 Å². The first kappa shape index (κ1) is 17.3. The van der Waals surface area contributed by atoms with Crippen molar-refractivity contribution in [1.29, 1.82) is 0 Å². The average molecular weight is 366 g/mol. The zero-order valence-corrected chi connectivity index (χ0v) is 15.2. The van der Waals surface area contributed by atoms with Crippen LogP contribution in [-0.2, 0) is 15.4 Å². The third kappa shape index (κ3) is 3.43. The number of hydrogen-bond donors (Lipinski definition) is 1. The number of nitrogens with one attached hydrogen (secondary N) is 1. The summed E-state index contributed by atoms with van der Waals surface area (Å²) in [5, 5.41) is 0.561. The van der Waals surface area contributed by atoms with Gasteiger partial charge in [0, 0.05) is 17.0 Å². The number of ether oxygens (including phenoxy) is 1. The van der Waals surface area contributed by atoms with Crippen molar-refractivity contribution in [2.75, 3.05) is 13.7 Å². The second-order valence-corrected chi connectivity index (χ2v) is 8.42. The molecule has 128 valence electrons. The molecule has 0 aromatic heterocycles. The van der Waals surface area contributed by atoms with Crippen LogP contribution in [0.25, 0.3) is 0 Å². The number of sulfonamides is 1. The van der Waals surface area contributed by atoms with Crippen molar-refractivity contribution < 1.29 is 13.2 Å². The molecule has 2 aromatic carbocycles. The molecular weight excluding hydrogens is 346 g/mol. The van der Waals surface area contributed by atoms with Crippen molar-refractivity contribution in [2.45, 2.75) is 30.1 Å². The first-order chi connectivity index (χ1) is 11.4. The summed E-state index contributed by atoms with van der Waals surface area (Å²) < 4.78 is 33.0. The molecule has 6 heteroatoms. The summed E-state index contributed by atoms with van der Waals surface area (Å²) in [5.41, 5.74) is 1.77. The average Bonchev–Trinajstić information content (AvgIpc) is 3.37. The van der Waals surface area contributed by atoms with Crippen LogP contribution in [0.4, 0.5) is 0 Å². The summed E-state index contributed by atoms with van der Waals surface area (Å²) in [7, 11) is -1.92. The summed E-state index contributed by atoms with van der Waals surface area (Å²) in [4.78, 5) is 0.245. The fraction of sp³-hybridized carbons (Fsp3) is 0.333. The Morgan fingerprint density at radius 3 is 2.38 bits per heavy atom. The lowest BCUT2D eigenvalue weighted by atomic mass is 9.96. The van der Waals surface area contributed by atoms with Crippen LogP contribution in [0.3, 0.4) is 0 Å². The molecule has 0 aliphatic heterocycles. The lowest BCUT2D eigenvalue weighted by Gasteiger charge is -2.17. The first-order valence-electron chi connectivity index (χ1n) is 7.77. The summed E-state index contributed by atoms with van der Waals surface area (Å²) in [6.07, 6.45) is 1.95. The molecule has 2 aromatic rings. The fourth-order valence-corrected chi connectivity index (χ4v) is 4.09. The third-order valence-electron chi connectivity index (χ3n) is 4.60. The topological polar surface area (TPSA) is 55.4 Å². The van der Waals surface area contributed by atoms with Crippen molar-refractivity contribution in [3.8, 4) is 5.75 Å². The fourth-order valence-electron chi connectivity index (χ4n) is 2.76. The number of hydrogen-bond acceptors (Lipinski definition) is 3. The molecule has 3 rings (SSSR count). The van der Waals surface area contributed by atoms with Crippen molar-refractivity contribution in [2.24, 2.45) is 0 Å². The van der Waals surface area contributed by atoms with Gasteiger partial charge < -0.3 is 4.74 Å². The van der Waals surface area contributed by atoms with Crippen molar-refractivity contribution in [1.82, 2.24) is 4.72 Å². The van der Waals surface area contributed by atoms with E-state index in [1.54, 1.807) is 26.2 Å². The highest BCUT2D eigenvalue weighted by Gasteiger charge is 2.44. The van der Waals surface area contributed by atoms with Crippen molar-refractivity contribution in [3.63, 3.8) is 0 Å². The standard InChI is InChI=1S/C18H20ClNO3S/c1-13-11-16(7-8-17(13)19)24(21,22)20-12-18(9-10-18)14-3-5-15(23-2)6-4-14/h3-8,11,20H,9-10,12H2,1-2H3. The van der Waals surface area contributed by atoms with Gasteiger partial charge in [0.1, 0.15) is 5.75 Å². The highest BCUT2D eigenvalue weighted by molar-refractivity contribution is 7.89. The first-order valence-corrected chi connectivity index (χ1v) is 9.63. The van der Waals surface area contributed by atoms with Gasteiger partial charge in [-0.3, -0.25) is 0 Å². The van der Waals surface area contributed by atoms with Crippen LogP contribution in [0.1, 0.15) is 24.0 Å². The van der Waals surface area contributed by atoms with Gasteiger partial charge in [-0.1, -0.05) is 23.7 Å². The number of halogens is 1. The predicted octanol–water partition coefficient (Wildman–Crippen LogP) is 3.67. The third-order valence-corrected chi connectivity index (χ3v) is 6.42. The molecule has 24 heavy (non-hydrogen) atoms. The largest absolute Gasteiger partial charge is 0.497 e. The molecule has 0 spiro atoms. The molecule has 4 nitrogen and oxygen atoms in total. The quantitative estimate of drug-likeness (QED) is 0.849. The molecule has 0 saturated heterocycles. The predicted molar refractivity (Wildman–Crippen MR) is 95.3 cm³/mol. The second-order valence-electron chi connectivity index (χ2n) is 6.24. The number of rotatable bonds is 6. The maximum Gasteiger partial charge on any atom is 0.240 e. The molecule has 0 amide bonds. The molecule has 0 radical (unpaired) electrons. The lowest BCUT2D eigenvalue weighted by molar-refractivity contribution is 0.414. The van der Waals surface area contributed by atoms with Gasteiger partial charge in [-0.2, -0.15) is 0 Å². The van der Waals surface area contributed by atoms with Crippen LogP contribution in [0.5, 0.6) is 5.75 Å². The summed E-state index contributed by atoms with van der Waals surface area (Å²) in [6.45, 7) is 2.18. The summed E-state index contributed by atoms with van der Waals surface area (Å²) >= 11 is 5.97. The van der Waals surface area contributed by atoms with Crippen LogP contribution < -0.4 is 9.46 Å². The minimum atomic E-state index is -3.55. The van der Waals surface area contributed by atoms with Gasteiger partial charge in [0.15, 0.2) is 0 Å². The van der Waals surface area contributed by atoms with Crippen LogP contribution in [0.2, 0.25) is 5.02 Å². The Bertz CT molecular complexity index is 843. The van der Waals surface area contributed by atoms with E-state index in [4.69, 9.17) is 16.3 Å². The molecule has 0 bridgehead atoms. The van der Waals surface area contributed by atoms with Crippen molar-refractivity contribution in [3.05, 3.63) is 58.6 Å². The Labute approximate surface area is 147 Å². The highest BCUT2D eigenvalue weighted by atomic mass is 35.5. The monoisotopic (exact) mass is 365 g/mol. The minimum absolute atomic E-state index is 0.110. The number of aryl methyl sites for hydroxylation is 1. The Hall–Kier alpha value is -1.56. The van der Waals surface area contributed by atoms with E-state index < -0.39 is 10.0 Å². The van der Waals surface area contributed by atoms with Gasteiger partial charge in [-0.25, -0.2) is 13.1 Å². The van der Waals surface area contributed by atoms with Gasteiger partial charge in [0.25, 0.3) is 0 Å². The molecule has 1 saturated carbocycles. The highest BCUT2D eigenvalue weighted by Crippen LogP contribution is 2.48. The van der Waals surface area contributed by atoms with Crippen LogP contribution in [0, 0.1) is 6.92 Å². The molecule has 0 unspecified atom stereocenters. The normalized spacial score (nSPS) is 16.0. The number of benzene rings is 2. The molecule has 1 N–H and O–H groups in total. The van der Waals surface area contributed by atoms with Gasteiger partial charge in [-0.05, 0) is 61.2 Å². The minimum Gasteiger partial charge on any atom is -0.497 e. The number of methoxy groups -OCH3 is 1. The van der Waals surface area contributed by atoms with E-state index in [0.717, 1.165) is 29.7 Å². The van der Waals surface area contributed by atoms with Crippen LogP contribution in [0.15, 0.2) is 47.4 Å². The van der Waals surface area contributed by atoms with Gasteiger partial charge in [0.2, 0.25) is 10.0 Å². The zero-order chi connectivity index (χ0) is 17.4. The van der Waals surface area contributed by atoms with E-state index in [9.17, 15) is 8.42 Å². The Balaban J connectivity index is 1.75. The van der Waals surface area contributed by atoms with Crippen molar-refractivity contribution >= 4 is 21.6 Å². The second kappa shape index (κ2) is 6.39. The van der Waals surface area contributed by atoms with E-state index in [1.165, 1.54) is 6.07 Å². The molecule has 0 heterocycles. The van der Waals surface area contributed by atoms with E-state index >= 15 is 0 Å². The van der Waals surface area contributed by atoms with Gasteiger partial charge >= 0.3 is 0 Å². The van der Waals surface area contributed by atoms with Crippen LogP contribution in [-0.4, -0.2) is 22.1 Å². The summed E-state index contributed by atoms with van der Waals surface area (Å²) in [5.74, 6) is 0.798. The Morgan fingerprint density at radius 2 is 1.83 bits per heavy atom. The van der Waals surface area contributed by atoms with Crippen LogP contribution >= 0.6 is 11.6 Å². The van der Waals surface area contributed by atoms with E-state index in [0.29, 0.717) is 11.6 Å². The Kier molecular flexibility index (Phi) is 4.60. The van der Waals surface area contributed by atoms with E-state index in [1.807, 2.05) is 24.3 Å². The molecule has 1 fully saturated rings. The van der Waals surface area contributed by atoms with E-state index in [-0.39, 0.29) is 10.3 Å². The maximum atomic E-state index is 12.5. The molecule has 1 aliphatic rings.